The Morgan fingerprint density at radius 2 is 1.78 bits per heavy atom. The summed E-state index contributed by atoms with van der Waals surface area (Å²) in [4.78, 5) is 38.5. The summed E-state index contributed by atoms with van der Waals surface area (Å²) in [5, 5.41) is 13.2. The van der Waals surface area contributed by atoms with Crippen LogP contribution in [0.15, 0.2) is 59.4 Å². The van der Waals surface area contributed by atoms with Crippen LogP contribution in [0.25, 0.3) is 10.9 Å². The molecule has 0 fully saturated rings. The van der Waals surface area contributed by atoms with Gasteiger partial charge in [0.25, 0.3) is 5.91 Å². The average Bonchev–Trinajstić information content (AvgIpc) is 2.61. The molecule has 134 valence electrons. The van der Waals surface area contributed by atoms with Gasteiger partial charge in [-0.2, -0.15) is 0 Å². The molecular weight excluding hydrogens is 421 g/mol. The summed E-state index contributed by atoms with van der Waals surface area (Å²) in [7, 11) is 0. The minimum absolute atomic E-state index is 0. The second kappa shape index (κ2) is 8.93. The first kappa shape index (κ1) is 20.8. The number of aliphatic carboxylic acids is 1. The summed E-state index contributed by atoms with van der Waals surface area (Å²) >= 11 is 5.79. The number of pyridine rings is 1. The van der Waals surface area contributed by atoms with E-state index in [0.717, 1.165) is 5.39 Å². The van der Waals surface area contributed by atoms with Crippen molar-refractivity contribution in [2.75, 3.05) is 0 Å². The van der Waals surface area contributed by atoms with Crippen molar-refractivity contribution in [3.8, 4) is 0 Å². The zero-order valence-corrected chi connectivity index (χ0v) is 18.0. The summed E-state index contributed by atoms with van der Waals surface area (Å²) in [5.41, 5.74) is 1.14. The van der Waals surface area contributed by atoms with Crippen molar-refractivity contribution in [1.82, 2.24) is 10.3 Å². The molecule has 3 aromatic rings. The van der Waals surface area contributed by atoms with Gasteiger partial charge < -0.3 is 15.4 Å². The van der Waals surface area contributed by atoms with E-state index in [-0.39, 0.29) is 31.5 Å². The van der Waals surface area contributed by atoms with Crippen molar-refractivity contribution >= 4 is 34.4 Å². The molecule has 1 unspecified atom stereocenters. The molecule has 27 heavy (non-hydrogen) atoms. The number of hydrogen-bond acceptors (Lipinski definition) is 3. The molecule has 6 nitrogen and oxygen atoms in total. The van der Waals surface area contributed by atoms with Crippen LogP contribution in [-0.2, 0) is 30.7 Å². The van der Waals surface area contributed by atoms with Crippen molar-refractivity contribution in [2.24, 2.45) is 0 Å². The molecule has 0 saturated carbocycles. The van der Waals surface area contributed by atoms with Crippen LogP contribution in [0.1, 0.15) is 15.9 Å². The summed E-state index contributed by atoms with van der Waals surface area (Å²) in [5.74, 6) is -1.71. The van der Waals surface area contributed by atoms with Crippen molar-refractivity contribution in [2.45, 2.75) is 12.5 Å². The second-order valence-corrected chi connectivity index (χ2v) is 6.22. The molecule has 3 N–H and O–H groups in total. The predicted molar refractivity (Wildman–Crippen MR) is 98.6 cm³/mol. The van der Waals surface area contributed by atoms with Gasteiger partial charge in [0.15, 0.2) is 0 Å². The largest absolute Gasteiger partial charge is 0.480 e. The third-order valence-corrected chi connectivity index (χ3v) is 4.22. The first-order chi connectivity index (χ1) is 12.4. The van der Waals surface area contributed by atoms with Gasteiger partial charge in [-0.1, -0.05) is 29.8 Å². The topological polar surface area (TPSA) is 99.3 Å². The number of aromatic amines is 1. The fraction of sp³-hybridized carbons (Fsp3) is 0.105. The maximum Gasteiger partial charge on any atom is 0.326 e. The number of carbonyl (C=O) groups is 2. The van der Waals surface area contributed by atoms with E-state index in [1.807, 2.05) is 0 Å². The van der Waals surface area contributed by atoms with E-state index >= 15 is 0 Å². The Bertz CT molecular complexity index is 1030. The number of H-pyrrole nitrogens is 1. The molecule has 3 rings (SSSR count). The normalized spacial score (nSPS) is 11.4. The Kier molecular flexibility index (Phi) is 6.88. The van der Waals surface area contributed by atoms with Crippen LogP contribution in [0.5, 0.6) is 0 Å². The SMILES string of the molecule is O=C(NC(Cc1cc(=O)[nH]c2ccccc12)C(=O)O)c1ccc(Cl)cc1.[Zn]. The molecule has 1 aromatic heterocycles. The van der Waals surface area contributed by atoms with Gasteiger partial charge in [0.05, 0.1) is 0 Å². The standard InChI is InChI=1S/C19H15ClN2O4.Zn/c20-13-7-5-11(6-8-13)18(24)22-16(19(25)26)9-12-10-17(23)21-15-4-2-1-3-14(12)15;/h1-8,10,16H,9H2,(H,21,23)(H,22,24)(H,25,26);. The third-order valence-electron chi connectivity index (χ3n) is 3.97. The minimum atomic E-state index is -1.18. The molecule has 8 heteroatoms. The van der Waals surface area contributed by atoms with E-state index in [1.54, 1.807) is 36.4 Å². The number of amides is 1. The van der Waals surface area contributed by atoms with E-state index in [9.17, 15) is 19.5 Å². The maximum atomic E-state index is 12.3. The Morgan fingerprint density at radius 3 is 2.44 bits per heavy atom. The fourth-order valence-corrected chi connectivity index (χ4v) is 2.83. The van der Waals surface area contributed by atoms with Crippen LogP contribution < -0.4 is 10.9 Å². The van der Waals surface area contributed by atoms with E-state index in [1.165, 1.54) is 18.2 Å². The molecule has 0 bridgehead atoms. The first-order valence-corrected chi connectivity index (χ1v) is 8.22. The minimum Gasteiger partial charge on any atom is -0.480 e. The van der Waals surface area contributed by atoms with Crippen molar-refractivity contribution in [3.05, 3.63) is 81.1 Å². The summed E-state index contributed by atoms with van der Waals surface area (Å²) in [6.45, 7) is 0. The van der Waals surface area contributed by atoms with Gasteiger partial charge in [-0.15, -0.1) is 0 Å². The number of carboxylic acids is 1. The molecule has 0 radical (unpaired) electrons. The summed E-state index contributed by atoms with van der Waals surface area (Å²) in [6, 6.07) is 13.4. The number of rotatable bonds is 5. The Morgan fingerprint density at radius 1 is 1.11 bits per heavy atom. The van der Waals surface area contributed by atoms with Crippen molar-refractivity contribution in [1.29, 1.82) is 0 Å². The van der Waals surface area contributed by atoms with Gasteiger partial charge in [0.1, 0.15) is 6.04 Å². The smallest absolute Gasteiger partial charge is 0.326 e. The van der Waals surface area contributed by atoms with Crippen LogP contribution in [0, 0.1) is 0 Å². The number of nitrogens with one attached hydrogen (secondary N) is 2. The predicted octanol–water partition coefficient (Wildman–Crippen LogP) is 2.60. The maximum absolute atomic E-state index is 12.3. The number of carboxylic acid groups (broad SMARTS) is 1. The molecule has 0 aliphatic heterocycles. The summed E-state index contributed by atoms with van der Waals surface area (Å²) < 4.78 is 0. The van der Waals surface area contributed by atoms with E-state index in [4.69, 9.17) is 11.6 Å². The third kappa shape index (κ3) is 5.03. The fourth-order valence-electron chi connectivity index (χ4n) is 2.71. The summed E-state index contributed by atoms with van der Waals surface area (Å²) in [6.07, 6.45) is -0.0148. The second-order valence-electron chi connectivity index (χ2n) is 5.78. The number of fused-ring (bicyclic) bond motifs is 1. The number of hydrogen-bond donors (Lipinski definition) is 3. The molecule has 1 heterocycles. The zero-order chi connectivity index (χ0) is 18.7. The van der Waals surface area contributed by atoms with Crippen LogP contribution in [0.3, 0.4) is 0 Å². The first-order valence-electron chi connectivity index (χ1n) is 7.84. The van der Waals surface area contributed by atoms with Crippen molar-refractivity contribution in [3.63, 3.8) is 0 Å². The van der Waals surface area contributed by atoms with Gasteiger partial charge >= 0.3 is 5.97 Å². The number of aromatic nitrogens is 1. The van der Waals surface area contributed by atoms with Gasteiger partial charge in [0, 0.05) is 53.5 Å². The van der Waals surface area contributed by atoms with Gasteiger partial charge in [-0.05, 0) is 35.9 Å². The monoisotopic (exact) mass is 434 g/mol. The molecule has 0 spiro atoms. The molecule has 1 atom stereocenters. The van der Waals surface area contributed by atoms with Crippen LogP contribution >= 0.6 is 11.6 Å². The van der Waals surface area contributed by atoms with Crippen LogP contribution in [0.4, 0.5) is 0 Å². The van der Waals surface area contributed by atoms with Gasteiger partial charge in [-0.25, -0.2) is 4.79 Å². The Balaban J connectivity index is 0.00000261. The number of benzene rings is 2. The number of carbonyl (C=O) groups excluding carboxylic acids is 1. The Hall–Kier alpha value is -2.50. The number of para-hydroxylation sites is 1. The molecule has 0 aliphatic carbocycles. The van der Waals surface area contributed by atoms with E-state index < -0.39 is 17.9 Å². The molecular formula is C19H15ClN2O4Zn. The molecule has 0 aliphatic rings. The average molecular weight is 436 g/mol. The molecule has 2 aromatic carbocycles. The Labute approximate surface area is 172 Å². The van der Waals surface area contributed by atoms with Crippen LogP contribution in [-0.4, -0.2) is 28.0 Å². The van der Waals surface area contributed by atoms with Gasteiger partial charge in [-0.3, -0.25) is 9.59 Å². The quantitative estimate of drug-likeness (QED) is 0.536. The van der Waals surface area contributed by atoms with Gasteiger partial charge in [0.2, 0.25) is 5.56 Å². The number of halogens is 1. The van der Waals surface area contributed by atoms with E-state index in [0.29, 0.717) is 21.7 Å². The molecule has 0 saturated heterocycles. The van der Waals surface area contributed by atoms with E-state index in [2.05, 4.69) is 10.3 Å². The zero-order valence-electron chi connectivity index (χ0n) is 14.2. The molecule has 1 amide bonds. The van der Waals surface area contributed by atoms with Crippen LogP contribution in [0.2, 0.25) is 5.02 Å². The van der Waals surface area contributed by atoms with Crippen molar-refractivity contribution < 1.29 is 34.2 Å².